The van der Waals surface area contributed by atoms with Gasteiger partial charge in [-0.1, -0.05) is 48.0 Å². The molecule has 0 fully saturated rings. The molecule has 0 aliphatic carbocycles. The minimum Gasteiger partial charge on any atom is -0.489 e. The van der Waals surface area contributed by atoms with Gasteiger partial charge in [0.2, 0.25) is 0 Å². The minimum absolute atomic E-state index is 0.114. The number of carbonyl (C=O) groups is 1. The maximum absolute atomic E-state index is 12.2. The van der Waals surface area contributed by atoms with Crippen LogP contribution in [-0.4, -0.2) is 5.91 Å². The zero-order chi connectivity index (χ0) is 16.8. The zero-order valence-electron chi connectivity index (χ0n) is 13.5. The third-order valence-corrected chi connectivity index (χ3v) is 3.64. The van der Waals surface area contributed by atoms with Crippen molar-refractivity contribution in [3.63, 3.8) is 0 Å². The first kappa shape index (κ1) is 15.8. The normalized spacial score (nSPS) is 10.2. The molecule has 120 valence electrons. The van der Waals surface area contributed by atoms with Gasteiger partial charge in [-0.2, -0.15) is 0 Å². The van der Waals surface area contributed by atoms with E-state index in [1.54, 1.807) is 6.07 Å². The summed E-state index contributed by atoms with van der Waals surface area (Å²) in [6.45, 7) is 2.49. The Balaban J connectivity index is 1.59. The van der Waals surface area contributed by atoms with Crippen molar-refractivity contribution >= 4 is 11.6 Å². The topological polar surface area (TPSA) is 38.3 Å². The number of nitrogens with one attached hydrogen (secondary N) is 1. The summed E-state index contributed by atoms with van der Waals surface area (Å²) in [6, 6.07) is 24.9. The second-order valence-corrected chi connectivity index (χ2v) is 5.62. The van der Waals surface area contributed by atoms with Gasteiger partial charge >= 0.3 is 0 Å². The molecule has 0 aliphatic heterocycles. The molecular formula is C21H19NO2. The number of rotatable bonds is 5. The van der Waals surface area contributed by atoms with Crippen LogP contribution in [-0.2, 0) is 6.61 Å². The van der Waals surface area contributed by atoms with Crippen molar-refractivity contribution in [1.82, 2.24) is 0 Å². The second-order valence-electron chi connectivity index (χ2n) is 5.62. The van der Waals surface area contributed by atoms with E-state index < -0.39 is 0 Å². The van der Waals surface area contributed by atoms with E-state index in [0.29, 0.717) is 12.2 Å². The molecular weight excluding hydrogens is 298 g/mol. The van der Waals surface area contributed by atoms with Crippen LogP contribution in [0.1, 0.15) is 21.5 Å². The molecule has 3 nitrogen and oxygen atoms in total. The van der Waals surface area contributed by atoms with Crippen LogP contribution in [0.4, 0.5) is 5.69 Å². The summed E-state index contributed by atoms with van der Waals surface area (Å²) in [6.07, 6.45) is 0. The predicted octanol–water partition coefficient (Wildman–Crippen LogP) is 4.83. The number of carbonyl (C=O) groups excluding carboxylic acids is 1. The van der Waals surface area contributed by atoms with Crippen LogP contribution in [0.5, 0.6) is 5.75 Å². The molecule has 0 saturated carbocycles. The first-order chi connectivity index (χ1) is 11.7. The largest absolute Gasteiger partial charge is 0.489 e. The summed E-state index contributed by atoms with van der Waals surface area (Å²) in [5.74, 6) is 0.657. The van der Waals surface area contributed by atoms with Gasteiger partial charge in [0, 0.05) is 11.3 Å². The van der Waals surface area contributed by atoms with E-state index >= 15 is 0 Å². The van der Waals surface area contributed by atoms with Crippen molar-refractivity contribution in [3.05, 3.63) is 95.6 Å². The van der Waals surface area contributed by atoms with Crippen molar-refractivity contribution in [3.8, 4) is 5.75 Å². The Labute approximate surface area is 141 Å². The highest BCUT2D eigenvalue weighted by Gasteiger charge is 2.06. The lowest BCUT2D eigenvalue weighted by Gasteiger charge is -2.09. The number of benzene rings is 3. The fourth-order valence-electron chi connectivity index (χ4n) is 2.36. The fraction of sp³-hybridized carbons (Fsp3) is 0.0952. The molecule has 0 aliphatic rings. The molecule has 1 amide bonds. The smallest absolute Gasteiger partial charge is 0.255 e. The molecule has 0 atom stereocenters. The Hall–Kier alpha value is -3.07. The van der Waals surface area contributed by atoms with Gasteiger partial charge in [-0.3, -0.25) is 4.79 Å². The molecule has 3 aromatic carbocycles. The van der Waals surface area contributed by atoms with Crippen LogP contribution in [0.3, 0.4) is 0 Å². The highest BCUT2D eigenvalue weighted by atomic mass is 16.5. The van der Waals surface area contributed by atoms with Crippen LogP contribution in [0.2, 0.25) is 0 Å². The molecule has 0 bridgehead atoms. The zero-order valence-corrected chi connectivity index (χ0v) is 13.5. The van der Waals surface area contributed by atoms with Crippen molar-refractivity contribution in [2.45, 2.75) is 13.5 Å². The van der Waals surface area contributed by atoms with Gasteiger partial charge in [0.05, 0.1) is 0 Å². The Kier molecular flexibility index (Phi) is 4.92. The third kappa shape index (κ3) is 4.23. The predicted molar refractivity (Wildman–Crippen MR) is 96.3 cm³/mol. The molecule has 0 unspecified atom stereocenters. The first-order valence-electron chi connectivity index (χ1n) is 7.85. The van der Waals surface area contributed by atoms with E-state index in [1.807, 2.05) is 79.7 Å². The van der Waals surface area contributed by atoms with Gasteiger partial charge < -0.3 is 10.1 Å². The van der Waals surface area contributed by atoms with Gasteiger partial charge in [0.1, 0.15) is 12.4 Å². The molecule has 3 aromatic rings. The van der Waals surface area contributed by atoms with E-state index in [0.717, 1.165) is 22.6 Å². The Morgan fingerprint density at radius 2 is 1.67 bits per heavy atom. The summed E-state index contributed by atoms with van der Waals surface area (Å²) in [5.41, 5.74) is 3.58. The van der Waals surface area contributed by atoms with Crippen LogP contribution in [0.25, 0.3) is 0 Å². The van der Waals surface area contributed by atoms with Gasteiger partial charge in [-0.15, -0.1) is 0 Å². The van der Waals surface area contributed by atoms with Crippen LogP contribution in [0, 0.1) is 6.92 Å². The standard InChI is InChI=1S/C21H19NO2/c1-16-6-5-9-18(14-16)21(23)22-19-10-12-20(13-11-19)24-15-17-7-3-2-4-8-17/h2-14H,15H2,1H3,(H,22,23). The van der Waals surface area contributed by atoms with Crippen molar-refractivity contribution in [1.29, 1.82) is 0 Å². The van der Waals surface area contributed by atoms with Crippen LogP contribution >= 0.6 is 0 Å². The number of hydrogen-bond donors (Lipinski definition) is 1. The molecule has 3 rings (SSSR count). The Morgan fingerprint density at radius 1 is 0.917 bits per heavy atom. The van der Waals surface area contributed by atoms with Gasteiger partial charge in [-0.05, 0) is 48.9 Å². The maximum atomic E-state index is 12.2. The number of amides is 1. The van der Waals surface area contributed by atoms with Crippen LogP contribution < -0.4 is 10.1 Å². The molecule has 1 N–H and O–H groups in total. The number of ether oxygens (including phenoxy) is 1. The molecule has 0 saturated heterocycles. The Morgan fingerprint density at radius 3 is 2.38 bits per heavy atom. The second kappa shape index (κ2) is 7.47. The average molecular weight is 317 g/mol. The minimum atomic E-state index is -0.114. The molecule has 0 radical (unpaired) electrons. The lowest BCUT2D eigenvalue weighted by atomic mass is 10.1. The molecule has 3 heteroatoms. The van der Waals surface area contributed by atoms with Gasteiger partial charge in [0.25, 0.3) is 5.91 Å². The average Bonchev–Trinajstić information content (AvgIpc) is 2.62. The summed E-state index contributed by atoms with van der Waals surface area (Å²) >= 11 is 0. The first-order valence-corrected chi connectivity index (χ1v) is 7.85. The highest BCUT2D eigenvalue weighted by molar-refractivity contribution is 6.04. The SMILES string of the molecule is Cc1cccc(C(=O)Nc2ccc(OCc3ccccc3)cc2)c1. The third-order valence-electron chi connectivity index (χ3n) is 3.64. The van der Waals surface area contributed by atoms with E-state index in [2.05, 4.69) is 5.32 Å². The summed E-state index contributed by atoms with van der Waals surface area (Å²) in [5, 5.41) is 2.89. The molecule has 0 aromatic heterocycles. The maximum Gasteiger partial charge on any atom is 0.255 e. The van der Waals surface area contributed by atoms with Gasteiger partial charge in [-0.25, -0.2) is 0 Å². The summed E-state index contributed by atoms with van der Waals surface area (Å²) < 4.78 is 5.74. The molecule has 0 heterocycles. The van der Waals surface area contributed by atoms with E-state index in [1.165, 1.54) is 0 Å². The Bertz CT molecular complexity index is 811. The van der Waals surface area contributed by atoms with Crippen molar-refractivity contribution in [2.24, 2.45) is 0 Å². The lowest BCUT2D eigenvalue weighted by Crippen LogP contribution is -2.11. The quantitative estimate of drug-likeness (QED) is 0.732. The lowest BCUT2D eigenvalue weighted by molar-refractivity contribution is 0.102. The van der Waals surface area contributed by atoms with E-state index in [4.69, 9.17) is 4.74 Å². The van der Waals surface area contributed by atoms with Crippen LogP contribution in [0.15, 0.2) is 78.9 Å². The van der Waals surface area contributed by atoms with E-state index in [-0.39, 0.29) is 5.91 Å². The van der Waals surface area contributed by atoms with E-state index in [9.17, 15) is 4.79 Å². The molecule has 24 heavy (non-hydrogen) atoms. The number of anilines is 1. The monoisotopic (exact) mass is 317 g/mol. The number of hydrogen-bond acceptors (Lipinski definition) is 2. The highest BCUT2D eigenvalue weighted by Crippen LogP contribution is 2.18. The molecule has 0 spiro atoms. The summed E-state index contributed by atoms with van der Waals surface area (Å²) in [4.78, 5) is 12.2. The van der Waals surface area contributed by atoms with Crippen molar-refractivity contribution < 1.29 is 9.53 Å². The van der Waals surface area contributed by atoms with Gasteiger partial charge in [0.15, 0.2) is 0 Å². The van der Waals surface area contributed by atoms with Crippen molar-refractivity contribution in [2.75, 3.05) is 5.32 Å². The summed E-state index contributed by atoms with van der Waals surface area (Å²) in [7, 11) is 0. The fourth-order valence-corrected chi connectivity index (χ4v) is 2.36. The number of aryl methyl sites for hydroxylation is 1.